The summed E-state index contributed by atoms with van der Waals surface area (Å²) < 4.78 is 26.7. The number of nitrogens with zero attached hydrogens (tertiary/aromatic N) is 1. The van der Waals surface area contributed by atoms with E-state index in [1.165, 1.54) is 12.3 Å². The van der Waals surface area contributed by atoms with Crippen molar-refractivity contribution in [1.29, 1.82) is 0 Å². The van der Waals surface area contributed by atoms with Crippen molar-refractivity contribution in [1.82, 2.24) is 4.98 Å². The van der Waals surface area contributed by atoms with Crippen LogP contribution < -0.4 is 5.32 Å². The molecule has 3 nitrogen and oxygen atoms in total. The molecule has 0 radical (unpaired) electrons. The number of hydrogen-bond donors (Lipinski definition) is 1. The number of amides is 1. The van der Waals surface area contributed by atoms with Gasteiger partial charge in [0.15, 0.2) is 5.82 Å². The van der Waals surface area contributed by atoms with Gasteiger partial charge in [-0.1, -0.05) is 11.6 Å². The lowest BCUT2D eigenvalue weighted by molar-refractivity contribution is 0.102. The fraction of sp³-hybridized carbons (Fsp3) is 0. The molecule has 2 rings (SSSR count). The van der Waals surface area contributed by atoms with Crippen LogP contribution in [0.1, 0.15) is 10.4 Å². The average molecular weight is 348 g/mol. The van der Waals surface area contributed by atoms with Crippen molar-refractivity contribution in [2.24, 2.45) is 0 Å². The van der Waals surface area contributed by atoms with E-state index in [9.17, 15) is 13.6 Å². The van der Waals surface area contributed by atoms with E-state index in [1.54, 1.807) is 0 Å². The molecule has 0 aliphatic carbocycles. The highest BCUT2D eigenvalue weighted by atomic mass is 79.9. The first-order chi connectivity index (χ1) is 8.99. The van der Waals surface area contributed by atoms with Gasteiger partial charge in [0.2, 0.25) is 0 Å². The summed E-state index contributed by atoms with van der Waals surface area (Å²) in [6.07, 6.45) is 2.22. The van der Waals surface area contributed by atoms with Crippen molar-refractivity contribution >= 4 is 39.1 Å². The first-order valence-corrected chi connectivity index (χ1v) is 6.21. The molecule has 7 heteroatoms. The number of nitrogens with one attached hydrogen (secondary N) is 1. The lowest BCUT2D eigenvalue weighted by atomic mass is 10.2. The highest BCUT2D eigenvalue weighted by molar-refractivity contribution is 9.10. The highest BCUT2D eigenvalue weighted by Crippen LogP contribution is 2.32. The zero-order valence-electron chi connectivity index (χ0n) is 9.25. The van der Waals surface area contributed by atoms with Crippen molar-refractivity contribution in [2.45, 2.75) is 0 Å². The number of hydrogen-bond acceptors (Lipinski definition) is 2. The molecule has 2 aromatic rings. The van der Waals surface area contributed by atoms with E-state index in [2.05, 4.69) is 26.2 Å². The zero-order valence-corrected chi connectivity index (χ0v) is 11.6. The third-order valence-corrected chi connectivity index (χ3v) is 3.19. The number of aromatic nitrogens is 1. The van der Waals surface area contributed by atoms with Crippen LogP contribution >= 0.6 is 27.5 Å². The van der Waals surface area contributed by atoms with Gasteiger partial charge in [0.05, 0.1) is 22.5 Å². The fourth-order valence-corrected chi connectivity index (χ4v) is 2.30. The summed E-state index contributed by atoms with van der Waals surface area (Å²) in [5.74, 6) is -2.01. The Bertz CT molecular complexity index is 628. The monoisotopic (exact) mass is 346 g/mol. The highest BCUT2D eigenvalue weighted by Gasteiger charge is 2.15. The van der Waals surface area contributed by atoms with E-state index in [-0.39, 0.29) is 20.7 Å². The van der Waals surface area contributed by atoms with Gasteiger partial charge < -0.3 is 5.32 Å². The molecule has 1 N–H and O–H groups in total. The predicted octanol–water partition coefficient (Wildman–Crippen LogP) is 4.03. The third kappa shape index (κ3) is 3.08. The minimum absolute atomic E-state index is 0.00897. The van der Waals surface area contributed by atoms with Crippen molar-refractivity contribution in [3.05, 3.63) is 57.3 Å². The first kappa shape index (κ1) is 13.9. The molecule has 1 amide bonds. The Morgan fingerprint density at radius 3 is 2.74 bits per heavy atom. The van der Waals surface area contributed by atoms with Crippen LogP contribution in [0.15, 0.2) is 35.1 Å². The fourth-order valence-electron chi connectivity index (χ4n) is 1.40. The topological polar surface area (TPSA) is 42.0 Å². The summed E-state index contributed by atoms with van der Waals surface area (Å²) >= 11 is 8.89. The number of anilines is 1. The second-order valence-electron chi connectivity index (χ2n) is 3.55. The number of halogens is 4. The van der Waals surface area contributed by atoms with Gasteiger partial charge >= 0.3 is 0 Å². The molecule has 0 atom stereocenters. The number of rotatable bonds is 2. The predicted molar refractivity (Wildman–Crippen MR) is 71.3 cm³/mol. The van der Waals surface area contributed by atoms with Gasteiger partial charge in [-0.15, -0.1) is 0 Å². The summed E-state index contributed by atoms with van der Waals surface area (Å²) in [5.41, 5.74) is -0.00781. The van der Waals surface area contributed by atoms with Crippen LogP contribution in [-0.2, 0) is 0 Å². The van der Waals surface area contributed by atoms with Crippen LogP contribution in [0.25, 0.3) is 0 Å². The van der Waals surface area contributed by atoms with Crippen molar-refractivity contribution < 1.29 is 13.6 Å². The molecular formula is C12H6BrClF2N2O. The molecule has 0 saturated heterocycles. The van der Waals surface area contributed by atoms with Gasteiger partial charge in [0, 0.05) is 10.7 Å². The summed E-state index contributed by atoms with van der Waals surface area (Å²) in [6, 6.07) is 3.42. The number of benzene rings is 1. The Kier molecular flexibility index (Phi) is 4.11. The number of pyridine rings is 1. The Balaban J connectivity index is 2.32. The van der Waals surface area contributed by atoms with E-state index in [1.807, 2.05) is 0 Å². The van der Waals surface area contributed by atoms with Crippen molar-refractivity contribution in [3.8, 4) is 0 Å². The third-order valence-electron chi connectivity index (χ3n) is 2.26. The van der Waals surface area contributed by atoms with E-state index < -0.39 is 17.5 Å². The smallest absolute Gasteiger partial charge is 0.258 e. The number of carbonyl (C=O) groups is 1. The van der Waals surface area contributed by atoms with Crippen LogP contribution in [0.3, 0.4) is 0 Å². The van der Waals surface area contributed by atoms with Gasteiger partial charge in [-0.3, -0.25) is 9.78 Å². The molecule has 0 bridgehead atoms. The molecule has 0 unspecified atom stereocenters. The second-order valence-corrected chi connectivity index (χ2v) is 4.82. The molecule has 0 spiro atoms. The summed E-state index contributed by atoms with van der Waals surface area (Å²) in [5, 5.41) is 2.42. The second kappa shape index (κ2) is 5.63. The van der Waals surface area contributed by atoms with Gasteiger partial charge in [0.1, 0.15) is 5.82 Å². The summed E-state index contributed by atoms with van der Waals surface area (Å²) in [4.78, 5) is 15.4. The molecule has 1 aromatic heterocycles. The molecule has 1 heterocycles. The minimum atomic E-state index is -0.755. The van der Waals surface area contributed by atoms with Crippen molar-refractivity contribution in [2.75, 3.05) is 5.32 Å². The standard InChI is InChI=1S/C12H6BrClF2N2O/c13-8-3-6(15)4-9(14)11(8)18-12(19)7-1-2-17-5-10(7)16/h1-5H,(H,18,19). The Labute approximate surface area is 120 Å². The minimum Gasteiger partial charge on any atom is -0.320 e. The van der Waals surface area contributed by atoms with Gasteiger partial charge in [-0.05, 0) is 34.1 Å². The Morgan fingerprint density at radius 1 is 1.37 bits per heavy atom. The summed E-state index contributed by atoms with van der Waals surface area (Å²) in [6.45, 7) is 0. The SMILES string of the molecule is O=C(Nc1c(Cl)cc(F)cc1Br)c1ccncc1F. The molecule has 0 fully saturated rings. The summed E-state index contributed by atoms with van der Waals surface area (Å²) in [7, 11) is 0. The number of carbonyl (C=O) groups excluding carboxylic acids is 1. The maximum atomic E-state index is 13.4. The van der Waals surface area contributed by atoms with E-state index in [0.717, 1.165) is 18.3 Å². The quantitative estimate of drug-likeness (QED) is 0.891. The van der Waals surface area contributed by atoms with Crippen LogP contribution in [0, 0.1) is 11.6 Å². The maximum Gasteiger partial charge on any atom is 0.258 e. The molecule has 0 saturated carbocycles. The van der Waals surface area contributed by atoms with Crippen LogP contribution in [-0.4, -0.2) is 10.9 Å². The Hall–Kier alpha value is -1.53. The van der Waals surface area contributed by atoms with E-state index in [4.69, 9.17) is 11.6 Å². The van der Waals surface area contributed by atoms with Crippen molar-refractivity contribution in [3.63, 3.8) is 0 Å². The largest absolute Gasteiger partial charge is 0.320 e. The van der Waals surface area contributed by atoms with Gasteiger partial charge in [0.25, 0.3) is 5.91 Å². The van der Waals surface area contributed by atoms with Gasteiger partial charge in [-0.25, -0.2) is 8.78 Å². The lowest BCUT2D eigenvalue weighted by Crippen LogP contribution is -2.14. The van der Waals surface area contributed by atoms with Crippen LogP contribution in [0.2, 0.25) is 5.02 Å². The zero-order chi connectivity index (χ0) is 14.0. The molecular weight excluding hydrogens is 341 g/mol. The van der Waals surface area contributed by atoms with Gasteiger partial charge in [-0.2, -0.15) is 0 Å². The van der Waals surface area contributed by atoms with Crippen LogP contribution in [0.4, 0.5) is 14.5 Å². The molecule has 98 valence electrons. The van der Waals surface area contributed by atoms with E-state index >= 15 is 0 Å². The van der Waals surface area contributed by atoms with E-state index in [0.29, 0.717) is 0 Å². The van der Waals surface area contributed by atoms with Crippen LogP contribution in [0.5, 0.6) is 0 Å². The maximum absolute atomic E-state index is 13.4. The first-order valence-electron chi connectivity index (χ1n) is 5.04. The molecule has 19 heavy (non-hydrogen) atoms. The average Bonchev–Trinajstić information content (AvgIpc) is 2.34. The normalized spacial score (nSPS) is 10.3. The molecule has 1 aromatic carbocycles. The molecule has 0 aliphatic heterocycles. The lowest BCUT2D eigenvalue weighted by Gasteiger charge is -2.10. The molecule has 0 aliphatic rings. The Morgan fingerprint density at radius 2 is 2.11 bits per heavy atom.